The van der Waals surface area contributed by atoms with E-state index in [1.807, 2.05) is 54.6 Å². The summed E-state index contributed by atoms with van der Waals surface area (Å²) in [5, 5.41) is 3.07. The Bertz CT molecular complexity index is 745. The van der Waals surface area contributed by atoms with Crippen molar-refractivity contribution in [1.82, 2.24) is 15.1 Å². The predicted molar refractivity (Wildman–Crippen MR) is 106 cm³/mol. The Morgan fingerprint density at radius 1 is 0.926 bits per heavy atom. The number of ether oxygens (including phenoxy) is 1. The van der Waals surface area contributed by atoms with Crippen molar-refractivity contribution in [2.75, 3.05) is 41.3 Å². The number of nitrogens with zero attached hydrogens (tertiary/aromatic N) is 2. The number of benzene rings is 2. The number of nitrogens with one attached hydrogen (secondary N) is 1. The molecule has 0 aliphatic heterocycles. The van der Waals surface area contributed by atoms with Crippen LogP contribution in [-0.2, 0) is 9.59 Å². The Labute approximate surface area is 160 Å². The summed E-state index contributed by atoms with van der Waals surface area (Å²) in [6, 6.07) is 17.1. The van der Waals surface area contributed by atoms with Gasteiger partial charge >= 0.3 is 0 Å². The first-order valence-corrected chi connectivity index (χ1v) is 8.77. The molecule has 1 N–H and O–H groups in total. The first-order chi connectivity index (χ1) is 12.9. The van der Waals surface area contributed by atoms with E-state index in [2.05, 4.69) is 5.32 Å². The van der Waals surface area contributed by atoms with E-state index in [0.717, 1.165) is 16.9 Å². The molecular formula is C21H27N3O3. The van der Waals surface area contributed by atoms with Gasteiger partial charge in [0.15, 0.2) is 0 Å². The average Bonchev–Trinajstić information content (AvgIpc) is 2.66. The van der Waals surface area contributed by atoms with E-state index in [0.29, 0.717) is 0 Å². The maximum absolute atomic E-state index is 12.6. The minimum atomic E-state index is -0.275. The molecule has 6 nitrogen and oxygen atoms in total. The van der Waals surface area contributed by atoms with Crippen molar-refractivity contribution in [3.05, 3.63) is 65.7 Å². The van der Waals surface area contributed by atoms with Gasteiger partial charge < -0.3 is 15.0 Å². The van der Waals surface area contributed by atoms with E-state index in [-0.39, 0.29) is 30.9 Å². The summed E-state index contributed by atoms with van der Waals surface area (Å²) in [5.74, 6) is 0.576. The normalized spacial score (nSPS) is 11.7. The van der Waals surface area contributed by atoms with Crippen molar-refractivity contribution >= 4 is 11.8 Å². The van der Waals surface area contributed by atoms with Crippen LogP contribution in [-0.4, -0.2) is 63.0 Å². The predicted octanol–water partition coefficient (Wildman–Crippen LogP) is 1.92. The lowest BCUT2D eigenvalue weighted by molar-refractivity contribution is -0.130. The lowest BCUT2D eigenvalue weighted by Gasteiger charge is -2.23. The molecule has 0 aliphatic carbocycles. The Hall–Kier alpha value is -2.86. The summed E-state index contributed by atoms with van der Waals surface area (Å²) >= 11 is 0. The van der Waals surface area contributed by atoms with Gasteiger partial charge in [0.1, 0.15) is 5.75 Å². The van der Waals surface area contributed by atoms with Crippen molar-refractivity contribution in [2.24, 2.45) is 0 Å². The summed E-state index contributed by atoms with van der Waals surface area (Å²) in [6.07, 6.45) is 0. The number of hydrogen-bond acceptors (Lipinski definition) is 4. The average molecular weight is 369 g/mol. The maximum atomic E-state index is 12.6. The van der Waals surface area contributed by atoms with Gasteiger partial charge in [0.2, 0.25) is 11.8 Å². The monoisotopic (exact) mass is 369 g/mol. The summed E-state index contributed by atoms with van der Waals surface area (Å²) in [7, 11) is 6.78. The number of methoxy groups -OCH3 is 1. The molecule has 0 saturated carbocycles. The highest BCUT2D eigenvalue weighted by atomic mass is 16.5. The van der Waals surface area contributed by atoms with Crippen LogP contribution in [0.3, 0.4) is 0 Å². The number of carbonyl (C=O) groups is 2. The van der Waals surface area contributed by atoms with Crippen LogP contribution in [0.15, 0.2) is 54.6 Å². The Morgan fingerprint density at radius 3 is 2.07 bits per heavy atom. The fraction of sp³-hybridized carbons (Fsp3) is 0.333. The van der Waals surface area contributed by atoms with Gasteiger partial charge in [0, 0.05) is 14.1 Å². The number of likely N-dealkylation sites (N-methyl/N-ethyl adjacent to an activating group) is 2. The highest BCUT2D eigenvalue weighted by molar-refractivity contribution is 5.81. The molecule has 0 aliphatic rings. The first-order valence-electron chi connectivity index (χ1n) is 8.77. The molecule has 6 heteroatoms. The molecule has 0 aromatic heterocycles. The molecule has 0 bridgehead atoms. The van der Waals surface area contributed by atoms with Crippen LogP contribution >= 0.6 is 0 Å². The highest BCUT2D eigenvalue weighted by Crippen LogP contribution is 2.24. The molecule has 2 amide bonds. The van der Waals surface area contributed by atoms with Crippen LogP contribution in [0.25, 0.3) is 0 Å². The standard InChI is InChI=1S/C21H27N3O3/c1-23(2)20(26)15-24(3)14-19(25)22-21(16-8-6-5-7-9-16)17-10-12-18(27-4)13-11-17/h5-13,21H,14-15H2,1-4H3,(H,22,25)/t21-/m1/s1. The van der Waals surface area contributed by atoms with Crippen LogP contribution in [0.4, 0.5) is 0 Å². The third-order valence-corrected chi connectivity index (χ3v) is 4.20. The SMILES string of the molecule is COc1ccc([C@H](NC(=O)CN(C)CC(=O)N(C)C)c2ccccc2)cc1. The fourth-order valence-electron chi connectivity index (χ4n) is 2.68. The number of hydrogen-bond donors (Lipinski definition) is 1. The van der Waals surface area contributed by atoms with Crippen LogP contribution in [0.2, 0.25) is 0 Å². The van der Waals surface area contributed by atoms with Crippen molar-refractivity contribution in [3.8, 4) is 5.75 Å². The zero-order valence-corrected chi connectivity index (χ0v) is 16.3. The molecular weight excluding hydrogens is 342 g/mol. The summed E-state index contributed by atoms with van der Waals surface area (Å²) in [5.41, 5.74) is 1.95. The Kier molecular flexibility index (Phi) is 7.37. The third-order valence-electron chi connectivity index (χ3n) is 4.20. The van der Waals surface area contributed by atoms with Crippen molar-refractivity contribution in [2.45, 2.75) is 6.04 Å². The van der Waals surface area contributed by atoms with Gasteiger partial charge in [-0.1, -0.05) is 42.5 Å². The molecule has 1 atom stereocenters. The van der Waals surface area contributed by atoms with E-state index < -0.39 is 0 Å². The first kappa shape index (κ1) is 20.5. The Balaban J connectivity index is 2.12. The molecule has 27 heavy (non-hydrogen) atoms. The largest absolute Gasteiger partial charge is 0.497 e. The Morgan fingerprint density at radius 2 is 1.52 bits per heavy atom. The van der Waals surface area contributed by atoms with E-state index >= 15 is 0 Å². The van der Waals surface area contributed by atoms with Gasteiger partial charge in [-0.2, -0.15) is 0 Å². The van der Waals surface area contributed by atoms with Crippen LogP contribution < -0.4 is 10.1 Å². The number of carbonyl (C=O) groups excluding carboxylic acids is 2. The van der Waals surface area contributed by atoms with Crippen LogP contribution in [0.5, 0.6) is 5.75 Å². The molecule has 2 aromatic carbocycles. The number of amides is 2. The molecule has 2 rings (SSSR count). The van der Waals surface area contributed by atoms with Crippen molar-refractivity contribution < 1.29 is 14.3 Å². The maximum Gasteiger partial charge on any atom is 0.236 e. The second-order valence-electron chi connectivity index (χ2n) is 6.64. The molecule has 2 aromatic rings. The van der Waals surface area contributed by atoms with Crippen LogP contribution in [0.1, 0.15) is 17.2 Å². The minimum absolute atomic E-state index is 0.0416. The van der Waals surface area contributed by atoms with Crippen molar-refractivity contribution in [3.63, 3.8) is 0 Å². The number of rotatable bonds is 8. The molecule has 0 unspecified atom stereocenters. The molecule has 0 heterocycles. The highest BCUT2D eigenvalue weighted by Gasteiger charge is 2.19. The van der Waals surface area contributed by atoms with Gasteiger partial charge in [0.05, 0.1) is 26.2 Å². The quantitative estimate of drug-likeness (QED) is 0.772. The third kappa shape index (κ3) is 6.11. The van der Waals surface area contributed by atoms with E-state index in [1.54, 1.807) is 33.2 Å². The van der Waals surface area contributed by atoms with E-state index in [9.17, 15) is 9.59 Å². The summed E-state index contributed by atoms with van der Waals surface area (Å²) in [6.45, 7) is 0.331. The second-order valence-corrected chi connectivity index (χ2v) is 6.64. The van der Waals surface area contributed by atoms with Gasteiger partial charge in [-0.3, -0.25) is 14.5 Å². The molecule has 0 spiro atoms. The van der Waals surface area contributed by atoms with E-state index in [4.69, 9.17) is 4.74 Å². The van der Waals surface area contributed by atoms with Gasteiger partial charge in [0.25, 0.3) is 0 Å². The topological polar surface area (TPSA) is 61.9 Å². The fourth-order valence-corrected chi connectivity index (χ4v) is 2.68. The van der Waals surface area contributed by atoms with Gasteiger partial charge in [-0.05, 0) is 30.3 Å². The second kappa shape index (κ2) is 9.73. The van der Waals surface area contributed by atoms with Crippen molar-refractivity contribution in [1.29, 1.82) is 0 Å². The smallest absolute Gasteiger partial charge is 0.236 e. The molecule has 144 valence electrons. The molecule has 0 saturated heterocycles. The lowest BCUT2D eigenvalue weighted by Crippen LogP contribution is -2.41. The van der Waals surface area contributed by atoms with Gasteiger partial charge in [-0.15, -0.1) is 0 Å². The summed E-state index contributed by atoms with van der Waals surface area (Å²) < 4.78 is 5.21. The zero-order chi connectivity index (χ0) is 19.8. The minimum Gasteiger partial charge on any atom is -0.497 e. The molecule has 0 radical (unpaired) electrons. The van der Waals surface area contributed by atoms with Gasteiger partial charge in [-0.25, -0.2) is 0 Å². The lowest BCUT2D eigenvalue weighted by atomic mass is 9.98. The molecule has 0 fully saturated rings. The zero-order valence-electron chi connectivity index (χ0n) is 16.3. The summed E-state index contributed by atoms with van der Waals surface area (Å²) in [4.78, 5) is 27.6. The van der Waals surface area contributed by atoms with Crippen LogP contribution in [0, 0.1) is 0 Å². The van der Waals surface area contributed by atoms with E-state index in [1.165, 1.54) is 4.90 Å².